The number of benzene rings is 1. The van der Waals surface area contributed by atoms with Crippen molar-refractivity contribution in [3.05, 3.63) is 23.8 Å². The predicted molar refractivity (Wildman–Crippen MR) is 62.6 cm³/mol. The van der Waals surface area contributed by atoms with E-state index in [4.69, 9.17) is 14.6 Å². The molecule has 2 rings (SSSR count). The topological polar surface area (TPSA) is 55.8 Å². The van der Waals surface area contributed by atoms with E-state index in [0.717, 1.165) is 23.5 Å². The van der Waals surface area contributed by atoms with Gasteiger partial charge in [0.15, 0.2) is 0 Å². The minimum absolute atomic E-state index is 0.0159. The van der Waals surface area contributed by atoms with Crippen LogP contribution in [0, 0.1) is 5.92 Å². The smallest absolute Gasteiger partial charge is 0.306 e. The van der Waals surface area contributed by atoms with Crippen molar-refractivity contribution >= 4 is 5.97 Å². The average Bonchev–Trinajstić information content (AvgIpc) is 2.36. The third-order valence-electron chi connectivity index (χ3n) is 3.30. The van der Waals surface area contributed by atoms with Crippen LogP contribution in [0.5, 0.6) is 11.5 Å². The molecular formula is C13H16O4. The van der Waals surface area contributed by atoms with Crippen LogP contribution in [-0.4, -0.2) is 24.8 Å². The molecule has 0 spiro atoms. The molecule has 0 bridgehead atoms. The van der Waals surface area contributed by atoms with Gasteiger partial charge in [-0.3, -0.25) is 4.79 Å². The first-order valence-corrected chi connectivity index (χ1v) is 5.67. The van der Waals surface area contributed by atoms with Gasteiger partial charge in [0.05, 0.1) is 19.6 Å². The number of rotatable bonds is 3. The molecule has 1 aromatic rings. The quantitative estimate of drug-likeness (QED) is 0.874. The van der Waals surface area contributed by atoms with Crippen LogP contribution in [0.2, 0.25) is 0 Å². The van der Waals surface area contributed by atoms with Crippen LogP contribution in [0.1, 0.15) is 24.8 Å². The first kappa shape index (κ1) is 11.8. The van der Waals surface area contributed by atoms with Crippen LogP contribution in [0.25, 0.3) is 0 Å². The first-order valence-electron chi connectivity index (χ1n) is 5.67. The Morgan fingerprint density at radius 1 is 1.59 bits per heavy atom. The third-order valence-corrected chi connectivity index (χ3v) is 3.30. The van der Waals surface area contributed by atoms with Crippen molar-refractivity contribution in [2.45, 2.75) is 19.3 Å². The maximum absolute atomic E-state index is 11.1. The van der Waals surface area contributed by atoms with Gasteiger partial charge in [-0.2, -0.15) is 0 Å². The van der Waals surface area contributed by atoms with Crippen molar-refractivity contribution in [1.82, 2.24) is 0 Å². The highest BCUT2D eigenvalue weighted by Crippen LogP contribution is 2.40. The maximum Gasteiger partial charge on any atom is 0.306 e. The highest BCUT2D eigenvalue weighted by Gasteiger charge is 2.30. The molecule has 17 heavy (non-hydrogen) atoms. The predicted octanol–water partition coefficient (Wildman–Crippen LogP) is 2.28. The lowest BCUT2D eigenvalue weighted by molar-refractivity contribution is -0.142. The van der Waals surface area contributed by atoms with Gasteiger partial charge >= 0.3 is 5.97 Å². The van der Waals surface area contributed by atoms with Gasteiger partial charge in [0, 0.05) is 12.0 Å². The molecule has 4 nitrogen and oxygen atoms in total. The summed E-state index contributed by atoms with van der Waals surface area (Å²) in [5, 5.41) is 9.10. The van der Waals surface area contributed by atoms with E-state index in [1.807, 2.05) is 18.2 Å². The molecule has 1 N–H and O–H groups in total. The van der Waals surface area contributed by atoms with E-state index in [1.54, 1.807) is 14.0 Å². The van der Waals surface area contributed by atoms with E-state index >= 15 is 0 Å². The van der Waals surface area contributed by atoms with Gasteiger partial charge < -0.3 is 14.6 Å². The van der Waals surface area contributed by atoms with Crippen molar-refractivity contribution in [1.29, 1.82) is 0 Å². The fourth-order valence-corrected chi connectivity index (χ4v) is 2.22. The standard InChI is InChI=1S/C13H16O4/c1-8(13(14)15)10-5-6-17-12-7-9(16-2)3-4-11(10)12/h3-4,7-8,10H,5-6H2,1-2H3,(H,14,15). The summed E-state index contributed by atoms with van der Waals surface area (Å²) < 4.78 is 10.7. The minimum Gasteiger partial charge on any atom is -0.497 e. The Hall–Kier alpha value is -1.71. The third kappa shape index (κ3) is 2.20. The number of ether oxygens (including phenoxy) is 2. The van der Waals surface area contributed by atoms with Crippen LogP contribution in [0.3, 0.4) is 0 Å². The number of hydrogen-bond donors (Lipinski definition) is 1. The Morgan fingerprint density at radius 3 is 3.00 bits per heavy atom. The van der Waals surface area contributed by atoms with Crippen molar-refractivity contribution in [3.63, 3.8) is 0 Å². The number of hydrogen-bond acceptors (Lipinski definition) is 3. The zero-order valence-electron chi connectivity index (χ0n) is 9.97. The number of aliphatic carboxylic acids is 1. The Labute approximate surface area is 100 Å². The average molecular weight is 236 g/mol. The molecular weight excluding hydrogens is 220 g/mol. The van der Waals surface area contributed by atoms with Gasteiger partial charge in [-0.25, -0.2) is 0 Å². The van der Waals surface area contributed by atoms with Gasteiger partial charge in [-0.15, -0.1) is 0 Å². The van der Waals surface area contributed by atoms with Crippen molar-refractivity contribution in [3.8, 4) is 11.5 Å². The van der Waals surface area contributed by atoms with Gasteiger partial charge in [-0.1, -0.05) is 13.0 Å². The Balaban J connectivity index is 2.34. The van der Waals surface area contributed by atoms with Crippen LogP contribution in [0.4, 0.5) is 0 Å². The molecule has 0 aliphatic carbocycles. The molecule has 1 aliphatic heterocycles. The minimum atomic E-state index is -0.765. The van der Waals surface area contributed by atoms with Gasteiger partial charge in [0.25, 0.3) is 0 Å². The summed E-state index contributed by atoms with van der Waals surface area (Å²) in [5.41, 5.74) is 0.965. The summed E-state index contributed by atoms with van der Waals surface area (Å²) in [5.74, 6) is 0.327. The summed E-state index contributed by atoms with van der Waals surface area (Å²) >= 11 is 0. The van der Waals surface area contributed by atoms with E-state index < -0.39 is 11.9 Å². The van der Waals surface area contributed by atoms with Crippen molar-refractivity contribution in [2.75, 3.05) is 13.7 Å². The Morgan fingerprint density at radius 2 is 2.35 bits per heavy atom. The fourth-order valence-electron chi connectivity index (χ4n) is 2.22. The Bertz CT molecular complexity index is 427. The highest BCUT2D eigenvalue weighted by molar-refractivity contribution is 5.71. The lowest BCUT2D eigenvalue weighted by Crippen LogP contribution is -2.24. The molecule has 1 aromatic carbocycles. The molecule has 1 aliphatic rings. The number of carboxylic acid groups (broad SMARTS) is 1. The van der Waals surface area contributed by atoms with Crippen LogP contribution < -0.4 is 9.47 Å². The summed E-state index contributed by atoms with van der Waals surface area (Å²) in [7, 11) is 1.60. The van der Waals surface area contributed by atoms with E-state index in [0.29, 0.717) is 6.61 Å². The molecule has 0 saturated carbocycles. The number of carboxylic acids is 1. The molecule has 0 saturated heterocycles. The largest absolute Gasteiger partial charge is 0.497 e. The SMILES string of the molecule is COc1ccc2c(c1)OCCC2C(C)C(=O)O. The van der Waals surface area contributed by atoms with E-state index in [-0.39, 0.29) is 5.92 Å². The van der Waals surface area contributed by atoms with E-state index in [9.17, 15) is 4.79 Å². The van der Waals surface area contributed by atoms with Crippen molar-refractivity contribution < 1.29 is 19.4 Å². The van der Waals surface area contributed by atoms with Crippen LogP contribution in [-0.2, 0) is 4.79 Å². The molecule has 4 heteroatoms. The summed E-state index contributed by atoms with van der Waals surface area (Å²) in [4.78, 5) is 11.1. The molecule has 0 aromatic heterocycles. The second kappa shape index (κ2) is 4.65. The number of carbonyl (C=O) groups is 1. The van der Waals surface area contributed by atoms with Gasteiger partial charge in [-0.05, 0) is 18.1 Å². The summed E-state index contributed by atoms with van der Waals surface area (Å²) in [6, 6.07) is 5.56. The lowest BCUT2D eigenvalue weighted by atomic mass is 9.83. The number of methoxy groups -OCH3 is 1. The maximum atomic E-state index is 11.1. The van der Waals surface area contributed by atoms with Gasteiger partial charge in [0.2, 0.25) is 0 Å². The van der Waals surface area contributed by atoms with Crippen molar-refractivity contribution in [2.24, 2.45) is 5.92 Å². The zero-order valence-corrected chi connectivity index (χ0v) is 9.97. The normalized spacial score (nSPS) is 20.0. The van der Waals surface area contributed by atoms with E-state index in [2.05, 4.69) is 0 Å². The molecule has 0 fully saturated rings. The monoisotopic (exact) mass is 236 g/mol. The zero-order chi connectivity index (χ0) is 12.4. The van der Waals surface area contributed by atoms with Crippen LogP contribution >= 0.6 is 0 Å². The molecule has 2 atom stereocenters. The number of fused-ring (bicyclic) bond motifs is 1. The molecule has 0 amide bonds. The van der Waals surface area contributed by atoms with Gasteiger partial charge in [0.1, 0.15) is 11.5 Å². The molecule has 2 unspecified atom stereocenters. The second-order valence-electron chi connectivity index (χ2n) is 4.27. The molecule has 92 valence electrons. The van der Waals surface area contributed by atoms with Crippen LogP contribution in [0.15, 0.2) is 18.2 Å². The second-order valence-corrected chi connectivity index (χ2v) is 4.27. The van der Waals surface area contributed by atoms with E-state index in [1.165, 1.54) is 0 Å². The molecule has 1 heterocycles. The summed E-state index contributed by atoms with van der Waals surface area (Å²) in [6.07, 6.45) is 0.743. The Kier molecular flexibility index (Phi) is 3.22. The highest BCUT2D eigenvalue weighted by atomic mass is 16.5. The lowest BCUT2D eigenvalue weighted by Gasteiger charge is -2.28. The first-order chi connectivity index (χ1) is 8.13. The fraction of sp³-hybridized carbons (Fsp3) is 0.462. The summed E-state index contributed by atoms with van der Waals surface area (Å²) in [6.45, 7) is 2.30. The molecule has 0 radical (unpaired) electrons.